The number of carbonyl (C=O) groups excluding carboxylic acids is 2. The number of carbonyl (C=O) groups is 2. The van der Waals surface area contributed by atoms with Gasteiger partial charge in [0.25, 0.3) is 5.91 Å². The molecule has 0 bridgehead atoms. The summed E-state index contributed by atoms with van der Waals surface area (Å²) in [6.45, 7) is 1.18. The second-order valence-electron chi connectivity index (χ2n) is 5.94. The number of nitrogens with zero attached hydrogens (tertiary/aromatic N) is 1. The zero-order valence-electron chi connectivity index (χ0n) is 13.8. The summed E-state index contributed by atoms with van der Waals surface area (Å²) < 4.78 is 5.14. The summed E-state index contributed by atoms with van der Waals surface area (Å²) in [6, 6.07) is 12.0. The van der Waals surface area contributed by atoms with Gasteiger partial charge in [-0.05, 0) is 30.5 Å². The molecule has 2 aromatic rings. The average molecular weight is 364 g/mol. The molecule has 0 spiro atoms. The lowest BCUT2D eigenvalue weighted by molar-refractivity contribution is -0.123. The summed E-state index contributed by atoms with van der Waals surface area (Å²) in [5, 5.41) is 2.99. The van der Waals surface area contributed by atoms with Crippen LogP contribution in [0.2, 0.25) is 0 Å². The first-order valence-electron chi connectivity index (χ1n) is 8.09. The Morgan fingerprint density at radius 2 is 1.80 bits per heavy atom. The van der Waals surface area contributed by atoms with Gasteiger partial charge in [0.05, 0.1) is 6.26 Å². The van der Waals surface area contributed by atoms with E-state index in [0.29, 0.717) is 31.7 Å². The number of amides is 2. The lowest BCUT2D eigenvalue weighted by Gasteiger charge is -2.32. The van der Waals surface area contributed by atoms with E-state index in [1.54, 1.807) is 17.0 Å². The monoisotopic (exact) mass is 363 g/mol. The fraction of sp³-hybridized carbons (Fsp3) is 0.333. The standard InChI is InChI=1S/C18H21N3O3.ClH/c19-16(13-5-2-1-3-6-13)17(22)20-14-8-10-21(11-9-14)18(23)15-7-4-12-24-15;/h1-7,12,14,16H,8-11,19H2,(H,20,22);1H. The van der Waals surface area contributed by atoms with Gasteiger partial charge in [-0.25, -0.2) is 0 Å². The number of halogens is 1. The predicted molar refractivity (Wildman–Crippen MR) is 96.4 cm³/mol. The topological polar surface area (TPSA) is 88.6 Å². The predicted octanol–water partition coefficient (Wildman–Crippen LogP) is 2.12. The third-order valence-corrected chi connectivity index (χ3v) is 4.30. The van der Waals surface area contributed by atoms with Gasteiger partial charge in [-0.2, -0.15) is 0 Å². The Labute approximate surface area is 152 Å². The molecule has 134 valence electrons. The Balaban J connectivity index is 0.00000225. The fourth-order valence-corrected chi connectivity index (χ4v) is 2.89. The van der Waals surface area contributed by atoms with Crippen molar-refractivity contribution in [3.63, 3.8) is 0 Å². The molecule has 2 heterocycles. The lowest BCUT2D eigenvalue weighted by Crippen LogP contribution is -2.48. The van der Waals surface area contributed by atoms with Crippen molar-refractivity contribution in [1.29, 1.82) is 0 Å². The molecule has 6 nitrogen and oxygen atoms in total. The van der Waals surface area contributed by atoms with E-state index in [-0.39, 0.29) is 30.3 Å². The number of hydrogen-bond donors (Lipinski definition) is 2. The first kappa shape index (κ1) is 19.0. The van der Waals surface area contributed by atoms with Gasteiger partial charge in [-0.3, -0.25) is 9.59 Å². The van der Waals surface area contributed by atoms with Crippen LogP contribution in [0.25, 0.3) is 0 Å². The first-order chi connectivity index (χ1) is 11.6. The van der Waals surface area contributed by atoms with E-state index >= 15 is 0 Å². The van der Waals surface area contributed by atoms with Crippen LogP contribution in [-0.2, 0) is 4.79 Å². The van der Waals surface area contributed by atoms with Crippen molar-refractivity contribution < 1.29 is 14.0 Å². The van der Waals surface area contributed by atoms with Crippen LogP contribution < -0.4 is 11.1 Å². The van der Waals surface area contributed by atoms with Gasteiger partial charge in [-0.15, -0.1) is 12.4 Å². The summed E-state index contributed by atoms with van der Waals surface area (Å²) in [5.74, 6) is 0.0614. The van der Waals surface area contributed by atoms with E-state index in [0.717, 1.165) is 5.56 Å². The number of likely N-dealkylation sites (tertiary alicyclic amines) is 1. The zero-order valence-corrected chi connectivity index (χ0v) is 14.6. The Hall–Kier alpha value is -2.31. The smallest absolute Gasteiger partial charge is 0.289 e. The minimum absolute atomic E-state index is 0. The number of nitrogens with two attached hydrogens (primary N) is 1. The maximum absolute atomic E-state index is 12.3. The molecule has 1 fully saturated rings. The Morgan fingerprint density at radius 1 is 1.12 bits per heavy atom. The van der Waals surface area contributed by atoms with E-state index in [2.05, 4.69) is 5.32 Å². The average Bonchev–Trinajstić information content (AvgIpc) is 3.16. The maximum Gasteiger partial charge on any atom is 0.289 e. The highest BCUT2D eigenvalue weighted by atomic mass is 35.5. The Kier molecular flexibility index (Phi) is 6.61. The number of benzene rings is 1. The van der Waals surface area contributed by atoms with Crippen LogP contribution in [-0.4, -0.2) is 35.8 Å². The van der Waals surface area contributed by atoms with Crippen LogP contribution in [0.3, 0.4) is 0 Å². The number of nitrogens with one attached hydrogen (secondary N) is 1. The number of furan rings is 1. The highest BCUT2D eigenvalue weighted by Crippen LogP contribution is 2.16. The van der Waals surface area contributed by atoms with Crippen LogP contribution in [0.15, 0.2) is 53.1 Å². The molecular weight excluding hydrogens is 342 g/mol. The molecule has 1 aliphatic rings. The molecule has 2 amide bonds. The van der Waals surface area contributed by atoms with Crippen molar-refractivity contribution in [2.24, 2.45) is 5.73 Å². The van der Waals surface area contributed by atoms with Gasteiger partial charge in [0.1, 0.15) is 6.04 Å². The number of rotatable bonds is 4. The second-order valence-corrected chi connectivity index (χ2v) is 5.94. The molecule has 1 atom stereocenters. The minimum Gasteiger partial charge on any atom is -0.459 e. The molecule has 3 N–H and O–H groups in total. The third-order valence-electron chi connectivity index (χ3n) is 4.30. The van der Waals surface area contributed by atoms with Crippen LogP contribution in [0.5, 0.6) is 0 Å². The van der Waals surface area contributed by atoms with Gasteiger partial charge in [0.15, 0.2) is 5.76 Å². The van der Waals surface area contributed by atoms with Gasteiger partial charge in [0.2, 0.25) is 5.91 Å². The molecule has 1 aliphatic heterocycles. The maximum atomic E-state index is 12.3. The number of piperidine rings is 1. The van der Waals surface area contributed by atoms with E-state index < -0.39 is 6.04 Å². The summed E-state index contributed by atoms with van der Waals surface area (Å²) in [7, 11) is 0. The summed E-state index contributed by atoms with van der Waals surface area (Å²) in [6.07, 6.45) is 2.91. The Morgan fingerprint density at radius 3 is 2.40 bits per heavy atom. The fourth-order valence-electron chi connectivity index (χ4n) is 2.89. The first-order valence-corrected chi connectivity index (χ1v) is 8.09. The van der Waals surface area contributed by atoms with Gasteiger partial charge < -0.3 is 20.4 Å². The molecule has 1 saturated heterocycles. The minimum atomic E-state index is -0.672. The largest absolute Gasteiger partial charge is 0.459 e. The molecule has 1 aromatic carbocycles. The molecule has 0 saturated carbocycles. The van der Waals surface area contributed by atoms with Gasteiger partial charge in [-0.1, -0.05) is 30.3 Å². The molecule has 1 aromatic heterocycles. The zero-order chi connectivity index (χ0) is 16.9. The van der Waals surface area contributed by atoms with Crippen LogP contribution in [0.1, 0.15) is 35.0 Å². The van der Waals surface area contributed by atoms with Crippen LogP contribution >= 0.6 is 12.4 Å². The van der Waals surface area contributed by atoms with Crippen molar-refractivity contribution >= 4 is 24.2 Å². The molecule has 0 radical (unpaired) electrons. The normalized spacial score (nSPS) is 16.0. The summed E-state index contributed by atoms with van der Waals surface area (Å²) >= 11 is 0. The summed E-state index contributed by atoms with van der Waals surface area (Å²) in [5.41, 5.74) is 6.80. The molecular formula is C18H22ClN3O3. The SMILES string of the molecule is Cl.NC(C(=O)NC1CCN(C(=O)c2ccco2)CC1)c1ccccc1. The molecule has 7 heteroatoms. The summed E-state index contributed by atoms with van der Waals surface area (Å²) in [4.78, 5) is 26.2. The Bertz CT molecular complexity index is 683. The molecule has 1 unspecified atom stereocenters. The number of hydrogen-bond acceptors (Lipinski definition) is 4. The third kappa shape index (κ3) is 4.61. The van der Waals surface area contributed by atoms with E-state index in [1.807, 2.05) is 30.3 Å². The molecule has 3 rings (SSSR count). The van der Waals surface area contributed by atoms with Crippen LogP contribution in [0, 0.1) is 0 Å². The van der Waals surface area contributed by atoms with Crippen molar-refractivity contribution in [1.82, 2.24) is 10.2 Å². The molecule has 0 aliphatic carbocycles. The van der Waals surface area contributed by atoms with Gasteiger partial charge >= 0.3 is 0 Å². The highest BCUT2D eigenvalue weighted by Gasteiger charge is 2.27. The highest BCUT2D eigenvalue weighted by molar-refractivity contribution is 5.91. The van der Waals surface area contributed by atoms with E-state index in [4.69, 9.17) is 10.2 Å². The van der Waals surface area contributed by atoms with Crippen molar-refractivity contribution in [2.75, 3.05) is 13.1 Å². The van der Waals surface area contributed by atoms with Crippen molar-refractivity contribution in [2.45, 2.75) is 24.9 Å². The van der Waals surface area contributed by atoms with E-state index in [9.17, 15) is 9.59 Å². The van der Waals surface area contributed by atoms with Gasteiger partial charge in [0, 0.05) is 19.1 Å². The quantitative estimate of drug-likeness (QED) is 0.870. The second kappa shape index (κ2) is 8.69. The van der Waals surface area contributed by atoms with Crippen molar-refractivity contribution in [3.8, 4) is 0 Å². The molecule has 25 heavy (non-hydrogen) atoms. The van der Waals surface area contributed by atoms with E-state index in [1.165, 1.54) is 6.26 Å². The lowest BCUT2D eigenvalue weighted by atomic mass is 10.0. The van der Waals surface area contributed by atoms with Crippen molar-refractivity contribution in [3.05, 3.63) is 60.1 Å². The van der Waals surface area contributed by atoms with Crippen LogP contribution in [0.4, 0.5) is 0 Å².